The lowest BCUT2D eigenvalue weighted by molar-refractivity contribution is -0.125. The summed E-state index contributed by atoms with van der Waals surface area (Å²) in [7, 11) is 0. The first-order chi connectivity index (χ1) is 12.5. The number of fused-ring (bicyclic) bond motifs is 1. The van der Waals surface area contributed by atoms with E-state index in [0.29, 0.717) is 11.8 Å². The van der Waals surface area contributed by atoms with Crippen LogP contribution >= 0.6 is 0 Å². The topological polar surface area (TPSA) is 75.6 Å². The Morgan fingerprint density at radius 3 is 2.58 bits per heavy atom. The molecular weight excluding hydrogens is 330 g/mol. The molecule has 2 N–H and O–H groups in total. The number of hydrogen-bond donors (Lipinski definition) is 2. The number of carbonyl (C=O) groups excluding carboxylic acids is 2. The maximum atomic E-state index is 12.3. The normalized spacial score (nSPS) is 22.8. The Bertz CT molecular complexity index is 817. The third kappa shape index (κ3) is 3.98. The van der Waals surface area contributed by atoms with Gasteiger partial charge in [0.2, 0.25) is 0 Å². The van der Waals surface area contributed by atoms with E-state index in [1.807, 2.05) is 24.3 Å². The van der Waals surface area contributed by atoms with Crippen LogP contribution in [0, 0.1) is 11.8 Å². The zero-order chi connectivity index (χ0) is 18.7. The molecule has 0 radical (unpaired) electrons. The number of aromatic hydroxyl groups is 1. The van der Waals surface area contributed by atoms with Crippen LogP contribution < -0.4 is 5.32 Å². The van der Waals surface area contributed by atoms with E-state index in [0.717, 1.165) is 23.6 Å². The van der Waals surface area contributed by atoms with Crippen molar-refractivity contribution in [3.8, 4) is 5.75 Å². The summed E-state index contributed by atoms with van der Waals surface area (Å²) >= 11 is 0. The van der Waals surface area contributed by atoms with Gasteiger partial charge in [0, 0.05) is 6.04 Å². The summed E-state index contributed by atoms with van der Waals surface area (Å²) in [4.78, 5) is 24.4. The fourth-order valence-electron chi connectivity index (χ4n) is 3.63. The molecule has 3 unspecified atom stereocenters. The molecule has 0 heterocycles. The standard InChI is InChI=1S/C21H25NO4/c1-13-6-5-9-18(14(13)2)22-20(24)12-26-21(25)17-10-15-7-3-4-8-16(15)11-19(17)23/h3-4,7-8,10-11,13-14,18,23H,5-6,9,12H2,1-2H3,(H,22,24). The van der Waals surface area contributed by atoms with Crippen LogP contribution in [0.1, 0.15) is 43.5 Å². The second-order valence-corrected chi connectivity index (χ2v) is 7.23. The molecule has 5 heteroatoms. The highest BCUT2D eigenvalue weighted by Crippen LogP contribution is 2.29. The number of carbonyl (C=O) groups is 2. The highest BCUT2D eigenvalue weighted by Gasteiger charge is 2.28. The number of hydrogen-bond acceptors (Lipinski definition) is 4. The van der Waals surface area contributed by atoms with Crippen molar-refractivity contribution in [1.82, 2.24) is 5.32 Å². The lowest BCUT2D eigenvalue weighted by Crippen LogP contribution is -2.45. The van der Waals surface area contributed by atoms with Gasteiger partial charge in [0.25, 0.3) is 5.91 Å². The Kier molecular flexibility index (Phi) is 5.45. The van der Waals surface area contributed by atoms with Crippen LogP contribution in [0.4, 0.5) is 0 Å². The maximum Gasteiger partial charge on any atom is 0.342 e. The van der Waals surface area contributed by atoms with Crippen molar-refractivity contribution >= 4 is 22.6 Å². The molecule has 0 aromatic heterocycles. The molecule has 0 aliphatic heterocycles. The smallest absolute Gasteiger partial charge is 0.342 e. The fraction of sp³-hybridized carbons (Fsp3) is 0.429. The number of nitrogens with one attached hydrogen (secondary N) is 1. The summed E-state index contributed by atoms with van der Waals surface area (Å²) < 4.78 is 5.11. The minimum Gasteiger partial charge on any atom is -0.507 e. The molecule has 5 nitrogen and oxygen atoms in total. The van der Waals surface area contributed by atoms with Crippen LogP contribution in [0.3, 0.4) is 0 Å². The first kappa shape index (κ1) is 18.2. The van der Waals surface area contributed by atoms with Gasteiger partial charge in [0.15, 0.2) is 6.61 Å². The predicted molar refractivity (Wildman–Crippen MR) is 100 cm³/mol. The van der Waals surface area contributed by atoms with E-state index < -0.39 is 5.97 Å². The Hall–Kier alpha value is -2.56. The molecule has 1 aliphatic rings. The van der Waals surface area contributed by atoms with Crippen molar-refractivity contribution in [2.24, 2.45) is 11.8 Å². The minimum atomic E-state index is -0.700. The van der Waals surface area contributed by atoms with Gasteiger partial charge in [-0.1, -0.05) is 51.0 Å². The van der Waals surface area contributed by atoms with Gasteiger partial charge in [-0.05, 0) is 41.2 Å². The number of phenolic OH excluding ortho intramolecular Hbond substituents is 1. The van der Waals surface area contributed by atoms with Gasteiger partial charge in [-0.15, -0.1) is 0 Å². The van der Waals surface area contributed by atoms with E-state index in [1.165, 1.54) is 12.5 Å². The molecule has 1 fully saturated rings. The van der Waals surface area contributed by atoms with Crippen molar-refractivity contribution in [3.05, 3.63) is 42.0 Å². The Labute approximate surface area is 153 Å². The molecule has 3 rings (SSSR count). The van der Waals surface area contributed by atoms with E-state index in [2.05, 4.69) is 19.2 Å². The van der Waals surface area contributed by atoms with Crippen LogP contribution in [0.25, 0.3) is 10.8 Å². The Balaban J connectivity index is 1.60. The van der Waals surface area contributed by atoms with Gasteiger partial charge in [-0.2, -0.15) is 0 Å². The lowest BCUT2D eigenvalue weighted by Gasteiger charge is -2.34. The largest absolute Gasteiger partial charge is 0.507 e. The van der Waals surface area contributed by atoms with Gasteiger partial charge in [0.05, 0.1) is 0 Å². The van der Waals surface area contributed by atoms with Crippen molar-refractivity contribution in [3.63, 3.8) is 0 Å². The summed E-state index contributed by atoms with van der Waals surface area (Å²) in [5.74, 6) is -0.166. The summed E-state index contributed by atoms with van der Waals surface area (Å²) in [6.45, 7) is 4.00. The first-order valence-electron chi connectivity index (χ1n) is 9.14. The van der Waals surface area contributed by atoms with Gasteiger partial charge in [-0.3, -0.25) is 4.79 Å². The highest BCUT2D eigenvalue weighted by molar-refractivity contribution is 5.99. The van der Waals surface area contributed by atoms with Crippen LogP contribution in [0.15, 0.2) is 36.4 Å². The zero-order valence-electron chi connectivity index (χ0n) is 15.2. The summed E-state index contributed by atoms with van der Waals surface area (Å²) in [5, 5.41) is 14.7. The predicted octanol–water partition coefficient (Wildman–Crippen LogP) is 3.64. The molecule has 2 aromatic carbocycles. The van der Waals surface area contributed by atoms with Crippen LogP contribution in [-0.2, 0) is 9.53 Å². The van der Waals surface area contributed by atoms with Crippen LogP contribution in [-0.4, -0.2) is 29.6 Å². The van der Waals surface area contributed by atoms with Crippen molar-refractivity contribution in [2.45, 2.75) is 39.2 Å². The van der Waals surface area contributed by atoms with E-state index >= 15 is 0 Å². The molecule has 26 heavy (non-hydrogen) atoms. The SMILES string of the molecule is CC1CCCC(NC(=O)COC(=O)c2cc3ccccc3cc2O)C1C. The number of esters is 1. The number of phenols is 1. The Morgan fingerprint density at radius 2 is 1.85 bits per heavy atom. The summed E-state index contributed by atoms with van der Waals surface area (Å²) in [5.41, 5.74) is 0.0659. The van der Waals surface area contributed by atoms with Gasteiger partial charge in [-0.25, -0.2) is 4.79 Å². The van der Waals surface area contributed by atoms with E-state index in [4.69, 9.17) is 4.74 Å². The molecular formula is C21H25NO4. The molecule has 0 saturated heterocycles. The molecule has 2 aromatic rings. The minimum absolute atomic E-state index is 0.0659. The first-order valence-corrected chi connectivity index (χ1v) is 9.14. The molecule has 0 spiro atoms. The van der Waals surface area contributed by atoms with E-state index in [9.17, 15) is 14.7 Å². The van der Waals surface area contributed by atoms with Crippen molar-refractivity contribution in [2.75, 3.05) is 6.61 Å². The maximum absolute atomic E-state index is 12.3. The second-order valence-electron chi connectivity index (χ2n) is 7.23. The molecule has 1 aliphatic carbocycles. The Morgan fingerprint density at radius 1 is 1.15 bits per heavy atom. The number of amides is 1. The van der Waals surface area contributed by atoms with Gasteiger partial charge in [0.1, 0.15) is 11.3 Å². The quantitative estimate of drug-likeness (QED) is 0.821. The molecule has 3 atom stereocenters. The lowest BCUT2D eigenvalue weighted by atomic mass is 9.78. The number of benzene rings is 2. The third-order valence-corrected chi connectivity index (χ3v) is 5.47. The average molecular weight is 355 g/mol. The van der Waals surface area contributed by atoms with Crippen molar-refractivity contribution < 1.29 is 19.4 Å². The molecule has 138 valence electrons. The van der Waals surface area contributed by atoms with Crippen molar-refractivity contribution in [1.29, 1.82) is 0 Å². The van der Waals surface area contributed by atoms with E-state index in [-0.39, 0.29) is 29.9 Å². The van der Waals surface area contributed by atoms with Gasteiger partial charge >= 0.3 is 5.97 Å². The molecule has 1 saturated carbocycles. The monoisotopic (exact) mass is 355 g/mol. The van der Waals surface area contributed by atoms with Crippen LogP contribution in [0.2, 0.25) is 0 Å². The fourth-order valence-corrected chi connectivity index (χ4v) is 3.63. The summed E-state index contributed by atoms with van der Waals surface area (Å²) in [6.07, 6.45) is 3.24. The van der Waals surface area contributed by atoms with Gasteiger partial charge < -0.3 is 15.2 Å². The van der Waals surface area contributed by atoms with E-state index in [1.54, 1.807) is 6.07 Å². The van der Waals surface area contributed by atoms with Crippen LogP contribution in [0.5, 0.6) is 5.75 Å². The third-order valence-electron chi connectivity index (χ3n) is 5.47. The number of rotatable bonds is 4. The average Bonchev–Trinajstić information content (AvgIpc) is 2.63. The molecule has 0 bridgehead atoms. The molecule has 1 amide bonds. The zero-order valence-corrected chi connectivity index (χ0v) is 15.2. The number of ether oxygens (including phenoxy) is 1. The second kappa shape index (κ2) is 7.77. The summed E-state index contributed by atoms with van der Waals surface area (Å²) in [6, 6.07) is 10.6. The highest BCUT2D eigenvalue weighted by atomic mass is 16.5.